The molecule has 1 aromatic heterocycles. The molecule has 0 saturated carbocycles. The van der Waals surface area contributed by atoms with E-state index in [0.717, 1.165) is 29.0 Å². The van der Waals surface area contributed by atoms with Crippen molar-refractivity contribution in [3.8, 4) is 11.4 Å². The smallest absolute Gasteiger partial charge is 0.406 e. The summed E-state index contributed by atoms with van der Waals surface area (Å²) < 4.78 is 42.6. The third-order valence-electron chi connectivity index (χ3n) is 4.64. The van der Waals surface area contributed by atoms with Gasteiger partial charge in [-0.05, 0) is 61.3 Å². The summed E-state index contributed by atoms with van der Waals surface area (Å²) in [7, 11) is 0. The van der Waals surface area contributed by atoms with Crippen LogP contribution in [-0.2, 0) is 6.42 Å². The second-order valence-corrected chi connectivity index (χ2v) is 7.04. The lowest BCUT2D eigenvalue weighted by atomic mass is 9.84. The van der Waals surface area contributed by atoms with Crippen molar-refractivity contribution in [2.24, 2.45) is 16.0 Å². The topological polar surface area (TPSA) is 90.7 Å². The van der Waals surface area contributed by atoms with Crippen LogP contribution in [0.2, 0.25) is 0 Å². The quantitative estimate of drug-likeness (QED) is 0.573. The van der Waals surface area contributed by atoms with Crippen LogP contribution in [0.15, 0.2) is 64.0 Å². The number of aromatic nitrogens is 3. The van der Waals surface area contributed by atoms with Crippen LogP contribution >= 0.6 is 12.2 Å². The minimum atomic E-state index is -4.73. The normalized spacial score (nSPS) is 17.4. The van der Waals surface area contributed by atoms with Gasteiger partial charge in [0.2, 0.25) is 5.11 Å². The molecule has 0 aliphatic heterocycles. The van der Waals surface area contributed by atoms with Crippen molar-refractivity contribution in [2.45, 2.75) is 25.6 Å². The van der Waals surface area contributed by atoms with Gasteiger partial charge in [0.25, 0.3) is 0 Å². The standard InChI is InChI=1S/C19H15F3N6OS/c20-19(21,22)29-14-5-3-13(4-6-14)28-16-8-2-12-9-11(10-24-26-18(23)30)1-7-15(12)17(16)25-27-28/h1,3-7,10H,2,8-9H2,(H2,23,30). The number of azo groups is 1. The van der Waals surface area contributed by atoms with Gasteiger partial charge < -0.3 is 10.5 Å². The average Bonchev–Trinajstić information content (AvgIpc) is 3.11. The zero-order valence-electron chi connectivity index (χ0n) is 15.4. The summed E-state index contributed by atoms with van der Waals surface area (Å²) in [6, 6.07) is 5.54. The van der Waals surface area contributed by atoms with Gasteiger partial charge in [0.1, 0.15) is 11.4 Å². The lowest BCUT2D eigenvalue weighted by Crippen LogP contribution is -2.17. The third kappa shape index (κ3) is 4.30. The Kier molecular flexibility index (Phi) is 5.20. The lowest BCUT2D eigenvalue weighted by molar-refractivity contribution is -0.274. The number of hydrogen-bond donors (Lipinski definition) is 1. The molecule has 1 aromatic carbocycles. The van der Waals surface area contributed by atoms with Crippen molar-refractivity contribution in [3.63, 3.8) is 0 Å². The Morgan fingerprint density at radius 3 is 2.67 bits per heavy atom. The highest BCUT2D eigenvalue weighted by Gasteiger charge is 2.31. The summed E-state index contributed by atoms with van der Waals surface area (Å²) in [6.45, 7) is 0. The summed E-state index contributed by atoms with van der Waals surface area (Å²) in [5.41, 5.74) is 10.8. The van der Waals surface area contributed by atoms with Crippen molar-refractivity contribution in [1.29, 1.82) is 0 Å². The summed E-state index contributed by atoms with van der Waals surface area (Å²) in [5.74, 6) is -0.285. The molecule has 2 aliphatic carbocycles. The summed E-state index contributed by atoms with van der Waals surface area (Å²) in [5, 5.41) is 16.0. The summed E-state index contributed by atoms with van der Waals surface area (Å²) in [4.78, 5) is 0. The number of nitrogens with zero attached hydrogens (tertiary/aromatic N) is 5. The Morgan fingerprint density at radius 1 is 1.20 bits per heavy atom. The number of benzene rings is 1. The van der Waals surface area contributed by atoms with Crippen LogP contribution in [0.1, 0.15) is 24.2 Å². The van der Waals surface area contributed by atoms with Crippen LogP contribution in [0.25, 0.3) is 11.3 Å². The molecule has 30 heavy (non-hydrogen) atoms. The molecule has 2 N–H and O–H groups in total. The highest BCUT2D eigenvalue weighted by atomic mass is 32.1. The number of thiocarbonyl (C=S) groups is 1. The molecule has 0 fully saturated rings. The van der Waals surface area contributed by atoms with E-state index in [1.165, 1.54) is 29.8 Å². The Labute approximate surface area is 174 Å². The van der Waals surface area contributed by atoms with E-state index in [1.807, 2.05) is 12.2 Å². The van der Waals surface area contributed by atoms with Crippen LogP contribution in [0.5, 0.6) is 5.75 Å². The minimum Gasteiger partial charge on any atom is -0.406 e. The summed E-state index contributed by atoms with van der Waals surface area (Å²) >= 11 is 4.66. The number of alkyl halides is 3. The van der Waals surface area contributed by atoms with Gasteiger partial charge >= 0.3 is 6.36 Å². The molecule has 0 amide bonds. The largest absolute Gasteiger partial charge is 0.573 e. The van der Waals surface area contributed by atoms with E-state index in [2.05, 4.69) is 37.5 Å². The van der Waals surface area contributed by atoms with Crippen LogP contribution < -0.4 is 10.5 Å². The number of rotatable bonds is 3. The SMILES string of the molecule is NC(=S)N=NC=C1C=CC2=C(CCc3c2nnn3-c2ccc(OC(F)(F)F)cc2)C1. The molecule has 0 saturated heterocycles. The molecule has 0 atom stereocenters. The van der Waals surface area contributed by atoms with Gasteiger partial charge in [-0.3, -0.25) is 0 Å². The average molecular weight is 432 g/mol. The molecule has 7 nitrogen and oxygen atoms in total. The van der Waals surface area contributed by atoms with Gasteiger partial charge in [-0.2, -0.15) is 5.11 Å². The van der Waals surface area contributed by atoms with E-state index in [-0.39, 0.29) is 10.9 Å². The van der Waals surface area contributed by atoms with Gasteiger partial charge in [0.05, 0.1) is 17.6 Å². The molecule has 0 unspecified atom stereocenters. The zero-order valence-corrected chi connectivity index (χ0v) is 16.2. The van der Waals surface area contributed by atoms with Crippen molar-refractivity contribution in [3.05, 3.63) is 65.2 Å². The van der Waals surface area contributed by atoms with Crippen LogP contribution in [0.4, 0.5) is 13.2 Å². The molecule has 11 heteroatoms. The third-order valence-corrected chi connectivity index (χ3v) is 4.72. The Balaban J connectivity index is 1.57. The molecule has 0 radical (unpaired) electrons. The first-order valence-electron chi connectivity index (χ1n) is 8.91. The second kappa shape index (κ2) is 7.82. The first kappa shape index (κ1) is 20.0. The van der Waals surface area contributed by atoms with E-state index in [0.29, 0.717) is 18.5 Å². The summed E-state index contributed by atoms with van der Waals surface area (Å²) in [6.07, 6.45) is 2.99. The Hall–Kier alpha value is -3.34. The molecule has 2 aliphatic rings. The van der Waals surface area contributed by atoms with E-state index in [1.54, 1.807) is 10.9 Å². The van der Waals surface area contributed by atoms with E-state index < -0.39 is 6.36 Å². The Morgan fingerprint density at radius 2 is 1.97 bits per heavy atom. The monoisotopic (exact) mass is 432 g/mol. The van der Waals surface area contributed by atoms with Gasteiger partial charge in [-0.1, -0.05) is 22.9 Å². The number of hydrogen-bond acceptors (Lipinski definition) is 5. The minimum absolute atomic E-state index is 0.0246. The van der Waals surface area contributed by atoms with Crippen LogP contribution in [0.3, 0.4) is 0 Å². The van der Waals surface area contributed by atoms with Crippen LogP contribution in [0, 0.1) is 0 Å². The molecular weight excluding hydrogens is 417 g/mol. The fraction of sp³-hybridized carbons (Fsp3) is 0.211. The van der Waals surface area contributed by atoms with Crippen molar-refractivity contribution >= 4 is 22.9 Å². The van der Waals surface area contributed by atoms with Gasteiger partial charge in [0.15, 0.2) is 0 Å². The van der Waals surface area contributed by atoms with Crippen molar-refractivity contribution < 1.29 is 17.9 Å². The number of halogens is 3. The van der Waals surface area contributed by atoms with Crippen molar-refractivity contribution in [2.75, 3.05) is 0 Å². The Bertz CT molecular complexity index is 1110. The molecule has 0 bridgehead atoms. The zero-order chi connectivity index (χ0) is 21.3. The molecular formula is C19H15F3N6OS. The molecule has 4 rings (SSSR count). The first-order chi connectivity index (χ1) is 14.3. The van der Waals surface area contributed by atoms with Crippen LogP contribution in [-0.4, -0.2) is 26.5 Å². The van der Waals surface area contributed by atoms with E-state index in [4.69, 9.17) is 5.73 Å². The highest BCUT2D eigenvalue weighted by molar-refractivity contribution is 7.80. The number of nitrogens with two attached hydrogens (primary N) is 1. The predicted molar refractivity (Wildman–Crippen MR) is 107 cm³/mol. The number of allylic oxidation sites excluding steroid dienone is 5. The lowest BCUT2D eigenvalue weighted by Gasteiger charge is -2.22. The fourth-order valence-corrected chi connectivity index (χ4v) is 3.47. The maximum Gasteiger partial charge on any atom is 0.573 e. The molecule has 154 valence electrons. The van der Waals surface area contributed by atoms with Gasteiger partial charge in [-0.25, -0.2) is 4.68 Å². The predicted octanol–water partition coefficient (Wildman–Crippen LogP) is 4.41. The fourth-order valence-electron chi connectivity index (χ4n) is 3.43. The number of fused-ring (bicyclic) bond motifs is 2. The van der Waals surface area contributed by atoms with Crippen molar-refractivity contribution in [1.82, 2.24) is 15.0 Å². The van der Waals surface area contributed by atoms with Gasteiger partial charge in [0, 0.05) is 5.57 Å². The number of ether oxygens (including phenoxy) is 1. The maximum absolute atomic E-state index is 12.3. The molecule has 2 aromatic rings. The first-order valence-corrected chi connectivity index (χ1v) is 9.31. The molecule has 0 spiro atoms. The van der Waals surface area contributed by atoms with E-state index >= 15 is 0 Å². The highest BCUT2D eigenvalue weighted by Crippen LogP contribution is 2.38. The maximum atomic E-state index is 12.3. The van der Waals surface area contributed by atoms with E-state index in [9.17, 15) is 13.2 Å². The second-order valence-electron chi connectivity index (χ2n) is 6.62. The molecule has 1 heterocycles. The van der Waals surface area contributed by atoms with Gasteiger partial charge in [-0.15, -0.1) is 23.4 Å².